The van der Waals surface area contributed by atoms with Gasteiger partial charge >= 0.3 is 0 Å². The second-order valence-electron chi connectivity index (χ2n) is 2.07. The summed E-state index contributed by atoms with van der Waals surface area (Å²) in [6.45, 7) is -0.0191. The minimum atomic E-state index is -0.496. The molecule has 1 aromatic heterocycles. The molecule has 1 rings (SSSR count). The largest absolute Gasteiger partial charge is 0.368 e. The molecule has 0 unspecified atom stereocenters. The minimum Gasteiger partial charge on any atom is -0.368 e. The molecule has 0 saturated carbocycles. The van der Waals surface area contributed by atoms with Crippen LogP contribution in [0.5, 0.6) is 0 Å². The van der Waals surface area contributed by atoms with Crippen LogP contribution in [0.25, 0.3) is 0 Å². The van der Waals surface area contributed by atoms with Crippen LogP contribution in [0.1, 0.15) is 4.88 Å². The zero-order chi connectivity index (χ0) is 9.84. The van der Waals surface area contributed by atoms with Crippen LogP contribution in [-0.4, -0.2) is 17.4 Å². The molecular weight excluding hydrogens is 212 g/mol. The lowest BCUT2D eigenvalue weighted by molar-refractivity contribution is -0.116. The van der Waals surface area contributed by atoms with Gasteiger partial charge in [-0.05, 0) is 0 Å². The normalized spacial score (nSPS) is 9.23. The van der Waals surface area contributed by atoms with Crippen molar-refractivity contribution >= 4 is 34.0 Å². The number of hydrogen-bond donors (Lipinski definition) is 2. The number of halogens is 1. The maximum atomic E-state index is 10.4. The van der Waals surface area contributed by atoms with E-state index in [0.717, 1.165) is 11.3 Å². The summed E-state index contributed by atoms with van der Waals surface area (Å²) in [5.41, 5.74) is 4.90. The molecule has 0 fully saturated rings. The summed E-state index contributed by atoms with van der Waals surface area (Å²) in [5.74, 6) is -0.496. The van der Waals surface area contributed by atoms with Gasteiger partial charge in [-0.3, -0.25) is 4.79 Å². The summed E-state index contributed by atoms with van der Waals surface area (Å²) in [4.78, 5) is 14.5. The quantitative estimate of drug-likeness (QED) is 0.773. The van der Waals surface area contributed by atoms with Crippen LogP contribution in [0.3, 0.4) is 0 Å². The van der Waals surface area contributed by atoms with Gasteiger partial charge in [0.05, 0.1) is 6.54 Å². The summed E-state index contributed by atoms with van der Waals surface area (Å²) in [6.07, 6.45) is 0. The average Bonchev–Trinajstić information content (AvgIpc) is 2.43. The molecule has 0 atom stereocenters. The van der Waals surface area contributed by atoms with E-state index >= 15 is 0 Å². The molecule has 0 spiro atoms. The average molecular weight is 217 g/mol. The molecule has 7 heteroatoms. The molecule has 5 nitrogen and oxygen atoms in total. The SMILES string of the molecule is N#Cc1sc(NCC(N)=O)nc1Cl. The van der Waals surface area contributed by atoms with Crippen molar-refractivity contribution in [3.05, 3.63) is 10.0 Å². The fourth-order valence-electron chi connectivity index (χ4n) is 0.609. The van der Waals surface area contributed by atoms with Gasteiger partial charge in [-0.2, -0.15) is 5.26 Å². The summed E-state index contributed by atoms with van der Waals surface area (Å²) in [5, 5.41) is 11.7. The van der Waals surface area contributed by atoms with Gasteiger partial charge in [0.2, 0.25) is 5.91 Å². The number of nitriles is 1. The highest BCUT2D eigenvalue weighted by Gasteiger charge is 2.08. The van der Waals surface area contributed by atoms with E-state index in [4.69, 9.17) is 22.6 Å². The molecule has 1 amide bonds. The molecule has 68 valence electrons. The third-order valence-electron chi connectivity index (χ3n) is 1.10. The number of primary amides is 1. The number of carbonyl (C=O) groups excluding carboxylic acids is 1. The Morgan fingerprint density at radius 3 is 3.00 bits per heavy atom. The number of nitrogens with zero attached hydrogens (tertiary/aromatic N) is 2. The third-order valence-corrected chi connectivity index (χ3v) is 2.40. The summed E-state index contributed by atoms with van der Waals surface area (Å²) >= 11 is 6.66. The second kappa shape index (κ2) is 4.07. The van der Waals surface area contributed by atoms with Gasteiger partial charge in [-0.1, -0.05) is 22.9 Å². The second-order valence-corrected chi connectivity index (χ2v) is 3.43. The lowest BCUT2D eigenvalue weighted by atomic mass is 10.6. The van der Waals surface area contributed by atoms with Crippen molar-refractivity contribution in [3.63, 3.8) is 0 Å². The Balaban J connectivity index is 2.69. The van der Waals surface area contributed by atoms with Gasteiger partial charge in [0.15, 0.2) is 10.3 Å². The Kier molecular flexibility index (Phi) is 3.06. The van der Waals surface area contributed by atoms with Gasteiger partial charge in [-0.25, -0.2) is 4.98 Å². The standard InChI is InChI=1S/C6H5ClN4OS/c7-5-3(1-8)13-6(11-5)10-2-4(9)12/h2H2,(H2,9,12)(H,10,11). The summed E-state index contributed by atoms with van der Waals surface area (Å²) < 4.78 is 0. The van der Waals surface area contributed by atoms with Crippen molar-refractivity contribution in [2.75, 3.05) is 11.9 Å². The third kappa shape index (κ3) is 2.57. The lowest BCUT2D eigenvalue weighted by Gasteiger charge is -1.95. The van der Waals surface area contributed by atoms with Gasteiger partial charge < -0.3 is 11.1 Å². The van der Waals surface area contributed by atoms with Crippen molar-refractivity contribution in [1.29, 1.82) is 5.26 Å². The van der Waals surface area contributed by atoms with Crippen molar-refractivity contribution in [2.45, 2.75) is 0 Å². The molecule has 3 N–H and O–H groups in total. The zero-order valence-corrected chi connectivity index (χ0v) is 7.95. The molecule has 13 heavy (non-hydrogen) atoms. The number of thiazole rings is 1. The van der Waals surface area contributed by atoms with E-state index in [2.05, 4.69) is 10.3 Å². The highest BCUT2D eigenvalue weighted by Crippen LogP contribution is 2.25. The molecular formula is C6H5ClN4OS. The van der Waals surface area contributed by atoms with E-state index in [9.17, 15) is 4.79 Å². The van der Waals surface area contributed by atoms with Gasteiger partial charge in [0.25, 0.3) is 0 Å². The Hall–Kier alpha value is -1.32. The highest BCUT2D eigenvalue weighted by molar-refractivity contribution is 7.16. The minimum absolute atomic E-state index is 0.0191. The number of rotatable bonds is 3. The topological polar surface area (TPSA) is 91.8 Å². The predicted molar refractivity (Wildman–Crippen MR) is 49.5 cm³/mol. The molecule has 0 saturated heterocycles. The van der Waals surface area contributed by atoms with E-state index in [0.29, 0.717) is 10.0 Å². The van der Waals surface area contributed by atoms with E-state index in [1.807, 2.05) is 6.07 Å². The monoisotopic (exact) mass is 216 g/mol. The van der Waals surface area contributed by atoms with Crippen molar-refractivity contribution < 1.29 is 4.79 Å². The number of nitrogens with one attached hydrogen (secondary N) is 1. The van der Waals surface area contributed by atoms with E-state index < -0.39 is 5.91 Å². The molecule has 0 bridgehead atoms. The maximum Gasteiger partial charge on any atom is 0.236 e. The maximum absolute atomic E-state index is 10.4. The van der Waals surface area contributed by atoms with Crippen molar-refractivity contribution in [3.8, 4) is 6.07 Å². The number of amides is 1. The number of carbonyl (C=O) groups is 1. The first-order valence-corrected chi connectivity index (χ1v) is 4.41. The Morgan fingerprint density at radius 1 is 1.85 bits per heavy atom. The number of nitrogens with two attached hydrogens (primary N) is 1. The van der Waals surface area contributed by atoms with Crippen LogP contribution in [0.4, 0.5) is 5.13 Å². The van der Waals surface area contributed by atoms with Gasteiger partial charge in [-0.15, -0.1) is 0 Å². The molecule has 1 aromatic rings. The summed E-state index contributed by atoms with van der Waals surface area (Å²) in [6, 6.07) is 1.87. The molecule has 0 aromatic carbocycles. The van der Waals surface area contributed by atoms with Crippen LogP contribution in [-0.2, 0) is 4.79 Å². The Bertz CT molecular complexity index is 369. The summed E-state index contributed by atoms with van der Waals surface area (Å²) in [7, 11) is 0. The first-order chi connectivity index (χ1) is 6.13. The van der Waals surface area contributed by atoms with E-state index in [1.165, 1.54) is 0 Å². The molecule has 0 radical (unpaired) electrons. The first kappa shape index (κ1) is 9.77. The number of anilines is 1. The van der Waals surface area contributed by atoms with Crippen LogP contribution in [0.15, 0.2) is 0 Å². The fraction of sp³-hybridized carbons (Fsp3) is 0.167. The van der Waals surface area contributed by atoms with E-state index in [1.54, 1.807) is 0 Å². The molecule has 0 aliphatic heterocycles. The first-order valence-electron chi connectivity index (χ1n) is 3.22. The van der Waals surface area contributed by atoms with Crippen molar-refractivity contribution in [1.82, 2.24) is 4.98 Å². The highest BCUT2D eigenvalue weighted by atomic mass is 35.5. The van der Waals surface area contributed by atoms with Crippen LogP contribution < -0.4 is 11.1 Å². The predicted octanol–water partition coefficient (Wildman–Crippen LogP) is 0.565. The Labute approximate surface area is 83.1 Å². The van der Waals surface area contributed by atoms with Crippen molar-refractivity contribution in [2.24, 2.45) is 5.73 Å². The lowest BCUT2D eigenvalue weighted by Crippen LogP contribution is -2.21. The smallest absolute Gasteiger partial charge is 0.236 e. The molecule has 0 aliphatic carbocycles. The van der Waals surface area contributed by atoms with Crippen LogP contribution >= 0.6 is 22.9 Å². The van der Waals surface area contributed by atoms with Gasteiger partial charge in [0.1, 0.15) is 10.9 Å². The molecule has 0 aliphatic rings. The Morgan fingerprint density at radius 2 is 2.54 bits per heavy atom. The molecule has 1 heterocycles. The zero-order valence-electron chi connectivity index (χ0n) is 6.37. The van der Waals surface area contributed by atoms with Crippen LogP contribution in [0, 0.1) is 11.3 Å². The van der Waals surface area contributed by atoms with Gasteiger partial charge in [0, 0.05) is 0 Å². The number of hydrogen-bond acceptors (Lipinski definition) is 5. The fourth-order valence-corrected chi connectivity index (χ4v) is 1.55. The van der Waals surface area contributed by atoms with Crippen LogP contribution in [0.2, 0.25) is 5.15 Å². The number of aromatic nitrogens is 1. The van der Waals surface area contributed by atoms with E-state index in [-0.39, 0.29) is 11.7 Å².